The van der Waals surface area contributed by atoms with Gasteiger partial charge in [0.25, 0.3) is 0 Å². The van der Waals surface area contributed by atoms with Gasteiger partial charge in [-0.15, -0.1) is 0 Å². The minimum atomic E-state index is -1.19. The minimum Gasteiger partial charge on any atom is -0.481 e. The van der Waals surface area contributed by atoms with Crippen LogP contribution < -0.4 is 5.32 Å². The van der Waals surface area contributed by atoms with Crippen LogP contribution in [0.3, 0.4) is 0 Å². The first-order valence-electron chi connectivity index (χ1n) is 6.38. The van der Waals surface area contributed by atoms with Gasteiger partial charge in [0.05, 0.1) is 25.7 Å². The summed E-state index contributed by atoms with van der Waals surface area (Å²) in [5, 5.41) is 12.0. The molecule has 0 saturated carbocycles. The molecule has 2 unspecified atom stereocenters. The molecule has 2 rings (SSSR count). The van der Waals surface area contributed by atoms with Gasteiger partial charge in [-0.1, -0.05) is 17.7 Å². The zero-order valence-electron chi connectivity index (χ0n) is 11.4. The lowest BCUT2D eigenvalue weighted by Crippen LogP contribution is -2.50. The van der Waals surface area contributed by atoms with E-state index >= 15 is 0 Å². The van der Waals surface area contributed by atoms with Crippen LogP contribution in [0.2, 0.25) is 5.02 Å². The van der Waals surface area contributed by atoms with E-state index in [-0.39, 0.29) is 30.2 Å². The maximum absolute atomic E-state index is 13.6. The van der Waals surface area contributed by atoms with Crippen LogP contribution in [-0.2, 0) is 20.7 Å². The van der Waals surface area contributed by atoms with Gasteiger partial charge in [-0.2, -0.15) is 0 Å². The van der Waals surface area contributed by atoms with Crippen molar-refractivity contribution >= 4 is 23.5 Å². The Balaban J connectivity index is 2.07. The highest BCUT2D eigenvalue weighted by Gasteiger charge is 2.47. The van der Waals surface area contributed by atoms with Crippen molar-refractivity contribution in [2.75, 3.05) is 13.2 Å². The summed E-state index contributed by atoms with van der Waals surface area (Å²) in [4.78, 5) is 23.3. The summed E-state index contributed by atoms with van der Waals surface area (Å²) in [6.07, 6.45) is -0.252. The lowest BCUT2D eigenvalue weighted by Gasteiger charge is -2.25. The Hall–Kier alpha value is -1.66. The van der Waals surface area contributed by atoms with E-state index in [1.54, 1.807) is 0 Å². The number of benzene rings is 1. The van der Waals surface area contributed by atoms with E-state index in [9.17, 15) is 19.1 Å². The zero-order chi connectivity index (χ0) is 15.6. The minimum absolute atomic E-state index is 0.0216. The maximum atomic E-state index is 13.6. The molecule has 0 spiro atoms. The molecule has 2 N–H and O–H groups in total. The number of carboxylic acids is 1. The third-order valence-corrected chi connectivity index (χ3v) is 4.03. The Morgan fingerprint density at radius 3 is 2.90 bits per heavy atom. The molecule has 0 bridgehead atoms. The molecule has 1 aromatic rings. The number of aliphatic carboxylic acids is 1. The van der Waals surface area contributed by atoms with E-state index in [4.69, 9.17) is 16.3 Å². The molecule has 1 fully saturated rings. The molecule has 2 atom stereocenters. The Bertz CT molecular complexity index is 560. The Labute approximate surface area is 126 Å². The molecule has 1 heterocycles. The van der Waals surface area contributed by atoms with E-state index in [2.05, 4.69) is 5.32 Å². The first-order valence-corrected chi connectivity index (χ1v) is 6.76. The van der Waals surface area contributed by atoms with Gasteiger partial charge < -0.3 is 15.2 Å². The predicted molar refractivity (Wildman–Crippen MR) is 73.6 cm³/mol. The molecule has 1 aliphatic rings. The standard InChI is InChI=1S/C14H15ClFNO4/c1-14(13(19)20)7-21-6-11(14)17-12(18)5-8-9(15)3-2-4-10(8)16/h2-4,11H,5-7H2,1H3,(H,17,18)(H,19,20). The van der Waals surface area contributed by atoms with Crippen molar-refractivity contribution in [3.05, 3.63) is 34.6 Å². The van der Waals surface area contributed by atoms with Gasteiger partial charge >= 0.3 is 5.97 Å². The summed E-state index contributed by atoms with van der Waals surface area (Å²) in [6.45, 7) is 1.64. The Kier molecular flexibility index (Phi) is 4.49. The van der Waals surface area contributed by atoms with Crippen LogP contribution in [0.1, 0.15) is 12.5 Å². The highest BCUT2D eigenvalue weighted by atomic mass is 35.5. The van der Waals surface area contributed by atoms with Crippen molar-refractivity contribution in [2.45, 2.75) is 19.4 Å². The summed E-state index contributed by atoms with van der Waals surface area (Å²) < 4.78 is 18.8. The number of rotatable bonds is 4. The predicted octanol–water partition coefficient (Wildman–Crippen LogP) is 1.63. The van der Waals surface area contributed by atoms with Crippen LogP contribution in [0, 0.1) is 11.2 Å². The quantitative estimate of drug-likeness (QED) is 0.885. The molecule has 5 nitrogen and oxygen atoms in total. The summed E-state index contributed by atoms with van der Waals surface area (Å²) in [6, 6.07) is 3.50. The highest BCUT2D eigenvalue weighted by molar-refractivity contribution is 6.31. The van der Waals surface area contributed by atoms with Crippen molar-refractivity contribution in [2.24, 2.45) is 5.41 Å². The van der Waals surface area contributed by atoms with Crippen LogP contribution in [0.15, 0.2) is 18.2 Å². The third kappa shape index (κ3) is 3.16. The fraction of sp³-hybridized carbons (Fsp3) is 0.429. The van der Waals surface area contributed by atoms with Gasteiger partial charge in [-0.25, -0.2) is 4.39 Å². The average molecular weight is 316 g/mol. The van der Waals surface area contributed by atoms with Crippen LogP contribution in [0.25, 0.3) is 0 Å². The van der Waals surface area contributed by atoms with Crippen LogP contribution >= 0.6 is 11.6 Å². The molecule has 1 aromatic carbocycles. The SMILES string of the molecule is CC1(C(=O)O)COCC1NC(=O)Cc1c(F)cccc1Cl. The van der Waals surface area contributed by atoms with Crippen LogP contribution in [0.5, 0.6) is 0 Å². The summed E-state index contributed by atoms with van der Waals surface area (Å²) >= 11 is 5.86. The largest absolute Gasteiger partial charge is 0.481 e. The summed E-state index contributed by atoms with van der Waals surface area (Å²) in [7, 11) is 0. The van der Waals surface area contributed by atoms with Crippen LogP contribution in [0.4, 0.5) is 4.39 Å². The average Bonchev–Trinajstić information content (AvgIpc) is 2.77. The number of halogens is 2. The Morgan fingerprint density at radius 2 is 2.29 bits per heavy atom. The fourth-order valence-corrected chi connectivity index (χ4v) is 2.42. The van der Waals surface area contributed by atoms with Crippen molar-refractivity contribution in [3.8, 4) is 0 Å². The second-order valence-corrected chi connectivity index (χ2v) is 5.64. The van der Waals surface area contributed by atoms with Gasteiger partial charge in [-0.05, 0) is 19.1 Å². The van der Waals surface area contributed by atoms with E-state index in [0.717, 1.165) is 0 Å². The lowest BCUT2D eigenvalue weighted by atomic mass is 9.85. The van der Waals surface area contributed by atoms with Gasteiger partial charge in [0.15, 0.2) is 0 Å². The van der Waals surface area contributed by atoms with Gasteiger partial charge in [0, 0.05) is 10.6 Å². The number of hydrogen-bond donors (Lipinski definition) is 2. The highest BCUT2D eigenvalue weighted by Crippen LogP contribution is 2.29. The molecule has 21 heavy (non-hydrogen) atoms. The number of carbonyl (C=O) groups is 2. The molecule has 1 saturated heterocycles. The summed E-state index contributed by atoms with van der Waals surface area (Å²) in [5.74, 6) is -2.11. The van der Waals surface area contributed by atoms with Crippen LogP contribution in [-0.4, -0.2) is 36.2 Å². The third-order valence-electron chi connectivity index (χ3n) is 3.68. The number of amides is 1. The van der Waals surface area contributed by atoms with E-state index in [0.29, 0.717) is 0 Å². The number of ether oxygens (including phenoxy) is 1. The molecule has 1 amide bonds. The number of carboxylic acid groups (broad SMARTS) is 1. The zero-order valence-corrected chi connectivity index (χ0v) is 12.1. The normalized spacial score (nSPS) is 24.8. The monoisotopic (exact) mass is 315 g/mol. The molecular formula is C14H15ClFNO4. The summed E-state index contributed by atoms with van der Waals surface area (Å²) in [5.41, 5.74) is -1.10. The second kappa shape index (κ2) is 5.99. The van der Waals surface area contributed by atoms with Crippen molar-refractivity contribution < 1.29 is 23.8 Å². The van der Waals surface area contributed by atoms with Crippen molar-refractivity contribution in [3.63, 3.8) is 0 Å². The fourth-order valence-electron chi connectivity index (χ4n) is 2.19. The molecule has 0 aromatic heterocycles. The molecule has 0 aliphatic carbocycles. The topological polar surface area (TPSA) is 75.6 Å². The molecule has 1 aliphatic heterocycles. The molecule has 114 valence electrons. The number of nitrogens with one attached hydrogen (secondary N) is 1. The lowest BCUT2D eigenvalue weighted by molar-refractivity contribution is -0.149. The van der Waals surface area contributed by atoms with Gasteiger partial charge in [-0.3, -0.25) is 9.59 Å². The van der Waals surface area contributed by atoms with Gasteiger partial charge in [0.2, 0.25) is 5.91 Å². The number of hydrogen-bond acceptors (Lipinski definition) is 3. The molecular weight excluding hydrogens is 301 g/mol. The Morgan fingerprint density at radius 1 is 1.57 bits per heavy atom. The van der Waals surface area contributed by atoms with E-state index in [1.807, 2.05) is 0 Å². The maximum Gasteiger partial charge on any atom is 0.313 e. The molecule has 7 heteroatoms. The van der Waals surface area contributed by atoms with Gasteiger partial charge in [0.1, 0.15) is 11.2 Å². The van der Waals surface area contributed by atoms with Crippen molar-refractivity contribution in [1.82, 2.24) is 5.32 Å². The smallest absolute Gasteiger partial charge is 0.313 e. The molecule has 0 radical (unpaired) electrons. The first-order chi connectivity index (χ1) is 9.84. The van der Waals surface area contributed by atoms with E-state index < -0.39 is 29.2 Å². The second-order valence-electron chi connectivity index (χ2n) is 5.23. The first kappa shape index (κ1) is 15.7. The van der Waals surface area contributed by atoms with E-state index in [1.165, 1.54) is 25.1 Å². The van der Waals surface area contributed by atoms with Crippen molar-refractivity contribution in [1.29, 1.82) is 0 Å². The number of carbonyl (C=O) groups excluding carboxylic acids is 1.